The normalized spacial score (nSPS) is 11.6. The second kappa shape index (κ2) is 4.22. The molecule has 1 heterocycles. The standard InChI is InChI=1S/C9H11N5O2S/c1-10-17(15,16)8-5-3-7(4-6-8)9-11-13-14(2)12-9/h3-6,10H,1-2H3. The van der Waals surface area contributed by atoms with Crippen LogP contribution in [0.25, 0.3) is 11.4 Å². The van der Waals surface area contributed by atoms with Crippen LogP contribution in [0.5, 0.6) is 0 Å². The molecule has 1 aromatic carbocycles. The van der Waals surface area contributed by atoms with Crippen LogP contribution in [-0.2, 0) is 17.1 Å². The highest BCUT2D eigenvalue weighted by Gasteiger charge is 2.11. The molecule has 8 heteroatoms. The van der Waals surface area contributed by atoms with E-state index in [1.54, 1.807) is 19.2 Å². The second-order valence-electron chi connectivity index (χ2n) is 3.33. The molecule has 0 atom stereocenters. The van der Waals surface area contributed by atoms with Gasteiger partial charge >= 0.3 is 0 Å². The lowest BCUT2D eigenvalue weighted by Gasteiger charge is -2.02. The maximum Gasteiger partial charge on any atom is 0.240 e. The zero-order chi connectivity index (χ0) is 12.5. The third-order valence-electron chi connectivity index (χ3n) is 2.20. The van der Waals surface area contributed by atoms with Crippen molar-refractivity contribution in [2.24, 2.45) is 7.05 Å². The van der Waals surface area contributed by atoms with Gasteiger partial charge in [-0.2, -0.15) is 4.80 Å². The number of rotatable bonds is 3. The first-order chi connectivity index (χ1) is 8.03. The number of hydrogen-bond donors (Lipinski definition) is 1. The number of nitrogens with one attached hydrogen (secondary N) is 1. The maximum absolute atomic E-state index is 11.5. The molecular weight excluding hydrogens is 242 g/mol. The van der Waals surface area contributed by atoms with Gasteiger partial charge in [0.1, 0.15) is 0 Å². The molecule has 1 N–H and O–H groups in total. The van der Waals surface area contributed by atoms with Crippen LogP contribution < -0.4 is 4.72 Å². The fraction of sp³-hybridized carbons (Fsp3) is 0.222. The van der Waals surface area contributed by atoms with Crippen molar-refractivity contribution < 1.29 is 8.42 Å². The van der Waals surface area contributed by atoms with Crippen LogP contribution in [-0.4, -0.2) is 35.7 Å². The Balaban J connectivity index is 2.37. The summed E-state index contributed by atoms with van der Waals surface area (Å²) in [6, 6.07) is 6.28. The van der Waals surface area contributed by atoms with Crippen molar-refractivity contribution in [3.05, 3.63) is 24.3 Å². The first-order valence-corrected chi connectivity index (χ1v) is 6.29. The molecule has 1 aromatic heterocycles. The van der Waals surface area contributed by atoms with E-state index in [4.69, 9.17) is 0 Å². The molecule has 90 valence electrons. The van der Waals surface area contributed by atoms with E-state index in [1.165, 1.54) is 24.0 Å². The van der Waals surface area contributed by atoms with Gasteiger partial charge in [-0.1, -0.05) is 0 Å². The third-order valence-corrected chi connectivity index (χ3v) is 3.63. The van der Waals surface area contributed by atoms with Crippen molar-refractivity contribution in [3.8, 4) is 11.4 Å². The lowest BCUT2D eigenvalue weighted by molar-refractivity contribution is 0.588. The Labute approximate surface area is 98.5 Å². The predicted molar refractivity (Wildman–Crippen MR) is 60.5 cm³/mol. The van der Waals surface area contributed by atoms with E-state index < -0.39 is 10.0 Å². The minimum Gasteiger partial charge on any atom is -0.214 e. The molecule has 0 fully saturated rings. The van der Waals surface area contributed by atoms with Crippen LogP contribution in [0.1, 0.15) is 0 Å². The van der Waals surface area contributed by atoms with Gasteiger partial charge in [0.05, 0.1) is 11.9 Å². The molecule has 0 bridgehead atoms. The minimum absolute atomic E-state index is 0.202. The summed E-state index contributed by atoms with van der Waals surface area (Å²) >= 11 is 0. The zero-order valence-corrected chi connectivity index (χ0v) is 10.1. The van der Waals surface area contributed by atoms with Crippen LogP contribution in [0, 0.1) is 0 Å². The lowest BCUT2D eigenvalue weighted by atomic mass is 10.2. The van der Waals surface area contributed by atoms with Gasteiger partial charge in [0.25, 0.3) is 0 Å². The largest absolute Gasteiger partial charge is 0.240 e. The smallest absolute Gasteiger partial charge is 0.214 e. The zero-order valence-electron chi connectivity index (χ0n) is 9.32. The molecule has 2 aromatic rings. The van der Waals surface area contributed by atoms with Crippen molar-refractivity contribution in [1.82, 2.24) is 24.9 Å². The molecule has 0 unspecified atom stereocenters. The number of aromatic nitrogens is 4. The molecule has 0 aliphatic carbocycles. The summed E-state index contributed by atoms with van der Waals surface area (Å²) in [5.41, 5.74) is 0.716. The number of hydrogen-bond acceptors (Lipinski definition) is 5. The summed E-state index contributed by atoms with van der Waals surface area (Å²) in [4.78, 5) is 1.54. The molecule has 0 amide bonds. The van der Waals surface area contributed by atoms with E-state index in [-0.39, 0.29) is 4.90 Å². The van der Waals surface area contributed by atoms with Gasteiger partial charge in [-0.25, -0.2) is 13.1 Å². The topological polar surface area (TPSA) is 89.8 Å². The first-order valence-electron chi connectivity index (χ1n) is 4.81. The molecule has 17 heavy (non-hydrogen) atoms. The van der Waals surface area contributed by atoms with Gasteiger partial charge in [0.2, 0.25) is 15.8 Å². The van der Waals surface area contributed by atoms with Crippen LogP contribution in [0.15, 0.2) is 29.2 Å². The molecule has 0 aliphatic heterocycles. The molecule has 0 aliphatic rings. The Morgan fingerprint density at radius 2 is 1.88 bits per heavy atom. The Morgan fingerprint density at radius 3 is 2.35 bits per heavy atom. The number of nitrogens with zero attached hydrogens (tertiary/aromatic N) is 4. The number of benzene rings is 1. The van der Waals surface area contributed by atoms with Crippen LogP contribution >= 0.6 is 0 Å². The monoisotopic (exact) mass is 253 g/mol. The quantitative estimate of drug-likeness (QED) is 0.817. The van der Waals surface area contributed by atoms with Gasteiger partial charge in [-0.15, -0.1) is 10.2 Å². The van der Waals surface area contributed by atoms with E-state index in [0.717, 1.165) is 0 Å². The Hall–Kier alpha value is -1.80. The van der Waals surface area contributed by atoms with E-state index in [1.807, 2.05) is 0 Å². The average molecular weight is 253 g/mol. The highest BCUT2D eigenvalue weighted by Crippen LogP contribution is 2.16. The second-order valence-corrected chi connectivity index (χ2v) is 5.22. The van der Waals surface area contributed by atoms with Gasteiger partial charge in [0.15, 0.2) is 0 Å². The summed E-state index contributed by atoms with van der Waals surface area (Å²) in [5.74, 6) is 0.459. The van der Waals surface area contributed by atoms with Crippen molar-refractivity contribution >= 4 is 10.0 Å². The maximum atomic E-state index is 11.5. The Morgan fingerprint density at radius 1 is 1.24 bits per heavy atom. The molecule has 7 nitrogen and oxygen atoms in total. The highest BCUT2D eigenvalue weighted by atomic mass is 32.2. The summed E-state index contributed by atoms with van der Waals surface area (Å²) in [6.07, 6.45) is 0. The van der Waals surface area contributed by atoms with E-state index >= 15 is 0 Å². The highest BCUT2D eigenvalue weighted by molar-refractivity contribution is 7.89. The minimum atomic E-state index is -3.40. The molecule has 0 radical (unpaired) electrons. The van der Waals surface area contributed by atoms with Crippen LogP contribution in [0.4, 0.5) is 0 Å². The molecular formula is C9H11N5O2S. The van der Waals surface area contributed by atoms with Crippen LogP contribution in [0.2, 0.25) is 0 Å². The van der Waals surface area contributed by atoms with E-state index in [2.05, 4.69) is 20.1 Å². The summed E-state index contributed by atoms with van der Waals surface area (Å²) in [5, 5.41) is 11.6. The van der Waals surface area contributed by atoms with Crippen molar-refractivity contribution in [1.29, 1.82) is 0 Å². The lowest BCUT2D eigenvalue weighted by Crippen LogP contribution is -2.18. The van der Waals surface area contributed by atoms with E-state index in [9.17, 15) is 8.42 Å². The van der Waals surface area contributed by atoms with Crippen molar-refractivity contribution in [2.75, 3.05) is 7.05 Å². The van der Waals surface area contributed by atoms with Crippen molar-refractivity contribution in [2.45, 2.75) is 4.90 Å². The van der Waals surface area contributed by atoms with Gasteiger partial charge < -0.3 is 0 Å². The fourth-order valence-electron chi connectivity index (χ4n) is 1.30. The molecule has 0 spiro atoms. The summed E-state index contributed by atoms with van der Waals surface area (Å²) in [7, 11) is -0.372. The van der Waals surface area contributed by atoms with Gasteiger partial charge in [-0.05, 0) is 36.5 Å². The molecule has 2 rings (SSSR count). The molecule has 0 saturated heterocycles. The third kappa shape index (κ3) is 2.32. The van der Waals surface area contributed by atoms with Gasteiger partial charge in [-0.3, -0.25) is 0 Å². The van der Waals surface area contributed by atoms with E-state index in [0.29, 0.717) is 11.4 Å². The Bertz CT molecular complexity index is 617. The SMILES string of the molecule is CNS(=O)(=O)c1ccc(-c2nnn(C)n2)cc1. The fourth-order valence-corrected chi connectivity index (χ4v) is 2.03. The average Bonchev–Trinajstić information content (AvgIpc) is 2.76. The number of tetrazole rings is 1. The van der Waals surface area contributed by atoms with Crippen LogP contribution in [0.3, 0.4) is 0 Å². The van der Waals surface area contributed by atoms with Crippen molar-refractivity contribution in [3.63, 3.8) is 0 Å². The Kier molecular flexibility index (Phi) is 2.90. The summed E-state index contributed by atoms with van der Waals surface area (Å²) < 4.78 is 25.2. The number of aryl methyl sites for hydroxylation is 1. The predicted octanol–water partition coefficient (Wildman–Crippen LogP) is -0.215. The number of sulfonamides is 1. The summed E-state index contributed by atoms with van der Waals surface area (Å²) in [6.45, 7) is 0. The first kappa shape index (κ1) is 11.7. The molecule has 0 saturated carbocycles. The van der Waals surface area contributed by atoms with Gasteiger partial charge in [0, 0.05) is 5.56 Å².